The van der Waals surface area contributed by atoms with Crippen molar-refractivity contribution in [1.82, 2.24) is 4.90 Å². The fraction of sp³-hybridized carbons (Fsp3) is 0.562. The van der Waals surface area contributed by atoms with E-state index in [0.29, 0.717) is 13.0 Å². The Hall–Kier alpha value is -1.35. The van der Waals surface area contributed by atoms with E-state index in [1.165, 1.54) is 11.1 Å². The lowest BCUT2D eigenvalue weighted by Crippen LogP contribution is -2.48. The first kappa shape index (κ1) is 14.1. The second kappa shape index (κ2) is 5.74. The number of hydrogen-bond acceptors (Lipinski definition) is 2. The molecule has 0 saturated carbocycles. The molecule has 104 valence electrons. The summed E-state index contributed by atoms with van der Waals surface area (Å²) in [5.74, 6) is 0.153. The standard InChI is InChI=1S/C16H23NO2/c1-13-4-6-14(7-5-13)8-9-15(18)17-11-3-10-16(2,19)12-17/h4-7,19H,3,8-12H2,1-2H3. The average Bonchev–Trinajstić information content (AvgIpc) is 2.36. The molecule has 1 fully saturated rings. The highest BCUT2D eigenvalue weighted by atomic mass is 16.3. The van der Waals surface area contributed by atoms with Crippen molar-refractivity contribution in [2.75, 3.05) is 13.1 Å². The van der Waals surface area contributed by atoms with Gasteiger partial charge >= 0.3 is 0 Å². The zero-order chi connectivity index (χ0) is 13.9. The van der Waals surface area contributed by atoms with E-state index in [1.807, 2.05) is 6.92 Å². The molecule has 2 rings (SSSR count). The van der Waals surface area contributed by atoms with Crippen LogP contribution in [0.4, 0.5) is 0 Å². The van der Waals surface area contributed by atoms with Crippen LogP contribution in [0.2, 0.25) is 0 Å². The summed E-state index contributed by atoms with van der Waals surface area (Å²) in [4.78, 5) is 13.9. The van der Waals surface area contributed by atoms with Gasteiger partial charge in [0.05, 0.1) is 5.60 Å². The molecular formula is C16H23NO2. The maximum atomic E-state index is 12.1. The number of benzene rings is 1. The largest absolute Gasteiger partial charge is 0.388 e. The van der Waals surface area contributed by atoms with Gasteiger partial charge in [0.1, 0.15) is 0 Å². The number of likely N-dealkylation sites (tertiary alicyclic amines) is 1. The van der Waals surface area contributed by atoms with E-state index in [1.54, 1.807) is 4.90 Å². The van der Waals surface area contributed by atoms with Crippen molar-refractivity contribution in [3.63, 3.8) is 0 Å². The van der Waals surface area contributed by atoms with E-state index in [-0.39, 0.29) is 5.91 Å². The molecule has 1 unspecified atom stereocenters. The molecule has 1 heterocycles. The van der Waals surface area contributed by atoms with Gasteiger partial charge in [-0.05, 0) is 38.7 Å². The first-order valence-electron chi connectivity index (χ1n) is 7.02. The minimum Gasteiger partial charge on any atom is -0.388 e. The second-order valence-electron chi connectivity index (χ2n) is 5.90. The van der Waals surface area contributed by atoms with Gasteiger partial charge in [0.2, 0.25) is 5.91 Å². The van der Waals surface area contributed by atoms with Crippen LogP contribution in [0.3, 0.4) is 0 Å². The molecule has 0 spiro atoms. The van der Waals surface area contributed by atoms with Gasteiger partial charge in [-0.25, -0.2) is 0 Å². The highest BCUT2D eigenvalue weighted by Crippen LogP contribution is 2.21. The normalized spacial score (nSPS) is 23.4. The highest BCUT2D eigenvalue weighted by Gasteiger charge is 2.30. The minimum absolute atomic E-state index is 0.153. The molecule has 1 saturated heterocycles. The molecule has 1 aromatic carbocycles. The van der Waals surface area contributed by atoms with Crippen molar-refractivity contribution in [3.05, 3.63) is 35.4 Å². The number of aryl methyl sites for hydroxylation is 2. The molecule has 1 N–H and O–H groups in total. The summed E-state index contributed by atoms with van der Waals surface area (Å²) < 4.78 is 0. The lowest BCUT2D eigenvalue weighted by Gasteiger charge is -2.36. The van der Waals surface area contributed by atoms with Crippen molar-refractivity contribution < 1.29 is 9.90 Å². The van der Waals surface area contributed by atoms with Gasteiger partial charge in [0.25, 0.3) is 0 Å². The molecule has 19 heavy (non-hydrogen) atoms. The van der Waals surface area contributed by atoms with Crippen LogP contribution in [0.5, 0.6) is 0 Å². The van der Waals surface area contributed by atoms with Crippen LogP contribution in [-0.4, -0.2) is 34.6 Å². The molecular weight excluding hydrogens is 238 g/mol. The van der Waals surface area contributed by atoms with Gasteiger partial charge in [0, 0.05) is 19.5 Å². The lowest BCUT2D eigenvalue weighted by molar-refractivity contribution is -0.137. The van der Waals surface area contributed by atoms with Crippen LogP contribution < -0.4 is 0 Å². The number of hydrogen-bond donors (Lipinski definition) is 1. The topological polar surface area (TPSA) is 40.5 Å². The first-order chi connectivity index (χ1) is 8.96. The fourth-order valence-corrected chi connectivity index (χ4v) is 2.60. The predicted octanol–water partition coefficient (Wildman–Crippen LogP) is 2.30. The van der Waals surface area contributed by atoms with Crippen molar-refractivity contribution in [2.24, 2.45) is 0 Å². The zero-order valence-electron chi connectivity index (χ0n) is 11.9. The number of carbonyl (C=O) groups is 1. The maximum absolute atomic E-state index is 12.1. The van der Waals surface area contributed by atoms with Crippen LogP contribution in [0.1, 0.15) is 37.3 Å². The summed E-state index contributed by atoms with van der Waals surface area (Å²) in [5, 5.41) is 10.0. The summed E-state index contributed by atoms with van der Waals surface area (Å²) >= 11 is 0. The van der Waals surface area contributed by atoms with E-state index in [2.05, 4.69) is 31.2 Å². The van der Waals surface area contributed by atoms with Crippen molar-refractivity contribution >= 4 is 5.91 Å². The summed E-state index contributed by atoms with van der Waals surface area (Å²) in [5.41, 5.74) is 1.72. The van der Waals surface area contributed by atoms with Crippen LogP contribution in [-0.2, 0) is 11.2 Å². The fourth-order valence-electron chi connectivity index (χ4n) is 2.60. The molecule has 1 aliphatic rings. The summed E-state index contributed by atoms with van der Waals surface area (Å²) in [6.07, 6.45) is 2.98. The van der Waals surface area contributed by atoms with Gasteiger partial charge in [-0.1, -0.05) is 29.8 Å². The Morgan fingerprint density at radius 1 is 1.37 bits per heavy atom. The molecule has 1 aliphatic heterocycles. The predicted molar refractivity (Wildman–Crippen MR) is 75.9 cm³/mol. The van der Waals surface area contributed by atoms with Crippen molar-refractivity contribution in [1.29, 1.82) is 0 Å². The Kier molecular flexibility index (Phi) is 4.25. The number of β-amino-alcohol motifs (C(OH)–C–C–N with tert-alkyl or cyclic N) is 1. The Morgan fingerprint density at radius 3 is 2.68 bits per heavy atom. The third-order valence-electron chi connectivity index (χ3n) is 3.78. The smallest absolute Gasteiger partial charge is 0.222 e. The average molecular weight is 261 g/mol. The van der Waals surface area contributed by atoms with Gasteiger partial charge < -0.3 is 10.0 Å². The number of amides is 1. The van der Waals surface area contributed by atoms with Gasteiger partial charge in [-0.3, -0.25) is 4.79 Å². The molecule has 1 amide bonds. The summed E-state index contributed by atoms with van der Waals surface area (Å²) in [6.45, 7) is 5.12. The van der Waals surface area contributed by atoms with Crippen LogP contribution >= 0.6 is 0 Å². The molecule has 0 aliphatic carbocycles. The van der Waals surface area contributed by atoms with Crippen molar-refractivity contribution in [3.8, 4) is 0 Å². The maximum Gasteiger partial charge on any atom is 0.222 e. The number of rotatable bonds is 3. The van der Waals surface area contributed by atoms with E-state index >= 15 is 0 Å². The molecule has 3 nitrogen and oxygen atoms in total. The SMILES string of the molecule is Cc1ccc(CCC(=O)N2CCCC(C)(O)C2)cc1. The van der Waals surface area contributed by atoms with E-state index in [9.17, 15) is 9.90 Å². The van der Waals surface area contributed by atoms with Crippen LogP contribution in [0, 0.1) is 6.92 Å². The Labute approximate surface area is 115 Å². The summed E-state index contributed by atoms with van der Waals surface area (Å²) in [6, 6.07) is 8.31. The molecule has 0 bridgehead atoms. The van der Waals surface area contributed by atoms with Gasteiger partial charge in [0.15, 0.2) is 0 Å². The van der Waals surface area contributed by atoms with E-state index in [4.69, 9.17) is 0 Å². The minimum atomic E-state index is -0.711. The first-order valence-corrected chi connectivity index (χ1v) is 7.02. The third-order valence-corrected chi connectivity index (χ3v) is 3.78. The number of piperidine rings is 1. The Bertz CT molecular complexity index is 437. The van der Waals surface area contributed by atoms with E-state index in [0.717, 1.165) is 25.8 Å². The van der Waals surface area contributed by atoms with Gasteiger partial charge in [-0.15, -0.1) is 0 Å². The second-order valence-corrected chi connectivity index (χ2v) is 5.90. The number of nitrogens with zero attached hydrogens (tertiary/aromatic N) is 1. The Morgan fingerprint density at radius 2 is 2.05 bits per heavy atom. The number of aliphatic hydroxyl groups is 1. The van der Waals surface area contributed by atoms with Crippen LogP contribution in [0.15, 0.2) is 24.3 Å². The monoisotopic (exact) mass is 261 g/mol. The third kappa shape index (κ3) is 4.06. The zero-order valence-corrected chi connectivity index (χ0v) is 11.9. The number of carbonyl (C=O) groups excluding carboxylic acids is 1. The molecule has 1 aromatic rings. The molecule has 3 heteroatoms. The molecule has 0 aromatic heterocycles. The Balaban J connectivity index is 1.85. The lowest BCUT2D eigenvalue weighted by atomic mass is 9.95. The van der Waals surface area contributed by atoms with Crippen LogP contribution in [0.25, 0.3) is 0 Å². The molecule has 1 atom stereocenters. The van der Waals surface area contributed by atoms with Gasteiger partial charge in [-0.2, -0.15) is 0 Å². The molecule has 0 radical (unpaired) electrons. The summed E-state index contributed by atoms with van der Waals surface area (Å²) in [7, 11) is 0. The van der Waals surface area contributed by atoms with Crippen molar-refractivity contribution in [2.45, 2.75) is 45.1 Å². The van der Waals surface area contributed by atoms with E-state index < -0.39 is 5.60 Å². The highest BCUT2D eigenvalue weighted by molar-refractivity contribution is 5.76. The quantitative estimate of drug-likeness (QED) is 0.907.